The number of amides is 1. The molecule has 1 amide bonds. The molecule has 0 aliphatic heterocycles. The van der Waals surface area contributed by atoms with Gasteiger partial charge < -0.3 is 14.8 Å². The number of carbonyl (C=O) groups excluding carboxylic acids is 1. The number of ether oxygens (including phenoxy) is 2. The molecule has 0 saturated carbocycles. The number of alkyl carbamates (subject to hydrolysis) is 1. The maximum atomic E-state index is 13.3. The molecule has 0 aromatic heterocycles. The van der Waals surface area contributed by atoms with Gasteiger partial charge in [0.1, 0.15) is 5.60 Å². The van der Waals surface area contributed by atoms with E-state index in [-0.39, 0.29) is 5.75 Å². The topological polar surface area (TPSA) is 47.6 Å². The first-order valence-corrected chi connectivity index (χ1v) is 6.89. The Hall–Kier alpha value is -2.11. The number of benzene rings is 1. The summed E-state index contributed by atoms with van der Waals surface area (Å²) in [7, 11) is 1.27. The summed E-state index contributed by atoms with van der Waals surface area (Å²) in [6.07, 6.45) is 3.40. The zero-order valence-electron chi connectivity index (χ0n) is 13.2. The van der Waals surface area contributed by atoms with E-state index < -0.39 is 23.3 Å². The highest BCUT2D eigenvalue weighted by molar-refractivity contribution is 5.67. The Morgan fingerprint density at radius 2 is 2.00 bits per heavy atom. The minimum absolute atomic E-state index is 0.147. The normalized spacial score (nSPS) is 11.5. The summed E-state index contributed by atoms with van der Waals surface area (Å²) < 4.78 is 36.4. The fraction of sp³-hybridized carbons (Fsp3) is 0.438. The molecule has 4 nitrogen and oxygen atoms in total. The van der Waals surface area contributed by atoms with Gasteiger partial charge in [-0.05, 0) is 44.9 Å². The maximum absolute atomic E-state index is 13.3. The van der Waals surface area contributed by atoms with Crippen molar-refractivity contribution in [3.05, 3.63) is 35.4 Å². The van der Waals surface area contributed by atoms with Crippen LogP contribution in [-0.4, -0.2) is 25.3 Å². The maximum Gasteiger partial charge on any atom is 0.407 e. The molecule has 0 unspecified atom stereocenters. The van der Waals surface area contributed by atoms with Crippen LogP contribution in [0.3, 0.4) is 0 Å². The van der Waals surface area contributed by atoms with Crippen molar-refractivity contribution in [2.24, 2.45) is 0 Å². The number of hydrogen-bond donors (Lipinski definition) is 1. The summed E-state index contributed by atoms with van der Waals surface area (Å²) in [5.41, 5.74) is -0.0599. The molecule has 6 heteroatoms. The standard InChI is InChI=1S/C16H21F2NO3/c1-16(2,3)22-15(20)19-8-6-5-7-11-9-12(17)14(18)13(10-11)21-4/h5,7,9-10H,6,8H2,1-4H3,(H,19,20). The van der Waals surface area contributed by atoms with Crippen LogP contribution < -0.4 is 10.1 Å². The molecule has 22 heavy (non-hydrogen) atoms. The molecule has 1 aromatic rings. The van der Waals surface area contributed by atoms with E-state index in [0.717, 1.165) is 6.07 Å². The number of rotatable bonds is 5. The lowest BCUT2D eigenvalue weighted by Crippen LogP contribution is -2.32. The minimum Gasteiger partial charge on any atom is -0.494 e. The summed E-state index contributed by atoms with van der Waals surface area (Å²) in [5.74, 6) is -2.12. The van der Waals surface area contributed by atoms with E-state index >= 15 is 0 Å². The van der Waals surface area contributed by atoms with Crippen molar-refractivity contribution in [1.29, 1.82) is 0 Å². The lowest BCUT2D eigenvalue weighted by molar-refractivity contribution is 0.0529. The third kappa shape index (κ3) is 6.11. The summed E-state index contributed by atoms with van der Waals surface area (Å²) >= 11 is 0. The number of carbonyl (C=O) groups is 1. The summed E-state index contributed by atoms with van der Waals surface area (Å²) in [5, 5.41) is 2.60. The largest absolute Gasteiger partial charge is 0.494 e. The van der Waals surface area contributed by atoms with Crippen molar-refractivity contribution in [1.82, 2.24) is 5.32 Å². The Morgan fingerprint density at radius 3 is 2.59 bits per heavy atom. The lowest BCUT2D eigenvalue weighted by atomic mass is 10.1. The van der Waals surface area contributed by atoms with Gasteiger partial charge in [0.15, 0.2) is 11.6 Å². The molecule has 0 bridgehead atoms. The molecule has 0 fully saturated rings. The van der Waals surface area contributed by atoms with Crippen molar-refractivity contribution in [3.63, 3.8) is 0 Å². The Balaban J connectivity index is 2.47. The van der Waals surface area contributed by atoms with Gasteiger partial charge in [0, 0.05) is 6.54 Å². The monoisotopic (exact) mass is 313 g/mol. The summed E-state index contributed by atoms with van der Waals surface area (Å²) in [4.78, 5) is 11.4. The molecule has 1 rings (SSSR count). The van der Waals surface area contributed by atoms with Crippen LogP contribution >= 0.6 is 0 Å². The number of hydrogen-bond acceptors (Lipinski definition) is 3. The predicted molar refractivity (Wildman–Crippen MR) is 80.8 cm³/mol. The van der Waals surface area contributed by atoms with E-state index in [2.05, 4.69) is 5.32 Å². The predicted octanol–water partition coefficient (Wildman–Crippen LogP) is 3.90. The van der Waals surface area contributed by atoms with Gasteiger partial charge in [0.2, 0.25) is 5.82 Å². The van der Waals surface area contributed by atoms with E-state index in [9.17, 15) is 13.6 Å². The molecular weight excluding hydrogens is 292 g/mol. The summed E-state index contributed by atoms with van der Waals surface area (Å²) in [6, 6.07) is 2.48. The quantitative estimate of drug-likeness (QED) is 0.839. The SMILES string of the molecule is COc1cc(C=CCCNC(=O)OC(C)(C)C)cc(F)c1F. The third-order valence-corrected chi connectivity index (χ3v) is 2.53. The van der Waals surface area contributed by atoms with Gasteiger partial charge in [-0.15, -0.1) is 0 Å². The van der Waals surface area contributed by atoms with Crippen LogP contribution in [0.25, 0.3) is 6.08 Å². The average molecular weight is 313 g/mol. The first-order valence-electron chi connectivity index (χ1n) is 6.89. The second-order valence-electron chi connectivity index (χ2n) is 5.64. The number of methoxy groups -OCH3 is 1. The van der Waals surface area contributed by atoms with E-state index in [1.807, 2.05) is 0 Å². The van der Waals surface area contributed by atoms with Crippen molar-refractivity contribution in [2.45, 2.75) is 32.8 Å². The molecule has 0 atom stereocenters. The van der Waals surface area contributed by atoms with E-state index in [1.165, 1.54) is 13.2 Å². The molecule has 0 spiro atoms. The van der Waals surface area contributed by atoms with Gasteiger partial charge in [-0.3, -0.25) is 0 Å². The Kier molecular flexibility index (Phi) is 6.34. The molecule has 1 N–H and O–H groups in total. The van der Waals surface area contributed by atoms with E-state index in [1.54, 1.807) is 32.9 Å². The van der Waals surface area contributed by atoms with Crippen molar-refractivity contribution in [3.8, 4) is 5.75 Å². The Labute approximate surface area is 129 Å². The van der Waals surface area contributed by atoms with Crippen LogP contribution in [0.15, 0.2) is 18.2 Å². The molecule has 0 aliphatic carbocycles. The van der Waals surface area contributed by atoms with Gasteiger partial charge >= 0.3 is 6.09 Å². The van der Waals surface area contributed by atoms with Gasteiger partial charge in [-0.25, -0.2) is 9.18 Å². The number of nitrogens with one attached hydrogen (secondary N) is 1. The molecular formula is C16H21F2NO3. The van der Waals surface area contributed by atoms with Crippen LogP contribution in [0.4, 0.5) is 13.6 Å². The van der Waals surface area contributed by atoms with Crippen molar-refractivity contribution >= 4 is 12.2 Å². The fourth-order valence-corrected chi connectivity index (χ4v) is 1.62. The number of halogens is 2. The van der Waals surface area contributed by atoms with Crippen molar-refractivity contribution < 1.29 is 23.0 Å². The van der Waals surface area contributed by atoms with Crippen LogP contribution in [0, 0.1) is 11.6 Å². The van der Waals surface area contributed by atoms with E-state index in [4.69, 9.17) is 9.47 Å². The van der Waals surface area contributed by atoms with Crippen LogP contribution in [0.2, 0.25) is 0 Å². The average Bonchev–Trinajstić information content (AvgIpc) is 2.40. The smallest absolute Gasteiger partial charge is 0.407 e. The van der Waals surface area contributed by atoms with Crippen LogP contribution in [0.1, 0.15) is 32.8 Å². The molecule has 0 radical (unpaired) electrons. The van der Waals surface area contributed by atoms with Gasteiger partial charge in [0.05, 0.1) is 7.11 Å². The molecule has 0 heterocycles. The van der Waals surface area contributed by atoms with E-state index in [0.29, 0.717) is 18.5 Å². The van der Waals surface area contributed by atoms with Crippen LogP contribution in [0.5, 0.6) is 5.75 Å². The zero-order valence-corrected chi connectivity index (χ0v) is 13.2. The zero-order chi connectivity index (χ0) is 16.8. The molecule has 0 saturated heterocycles. The molecule has 122 valence electrons. The minimum atomic E-state index is -1.01. The highest BCUT2D eigenvalue weighted by Gasteiger charge is 2.15. The van der Waals surface area contributed by atoms with Crippen molar-refractivity contribution in [2.75, 3.05) is 13.7 Å². The lowest BCUT2D eigenvalue weighted by Gasteiger charge is -2.19. The highest BCUT2D eigenvalue weighted by Crippen LogP contribution is 2.22. The highest BCUT2D eigenvalue weighted by atomic mass is 19.2. The summed E-state index contributed by atoms with van der Waals surface area (Å²) in [6.45, 7) is 5.72. The molecule has 0 aliphatic rings. The third-order valence-electron chi connectivity index (χ3n) is 2.53. The fourth-order valence-electron chi connectivity index (χ4n) is 1.62. The Morgan fingerprint density at radius 1 is 1.32 bits per heavy atom. The van der Waals surface area contributed by atoms with Gasteiger partial charge in [0.25, 0.3) is 0 Å². The van der Waals surface area contributed by atoms with Gasteiger partial charge in [-0.1, -0.05) is 12.2 Å². The first-order chi connectivity index (χ1) is 10.2. The second kappa shape index (κ2) is 7.77. The first kappa shape index (κ1) is 17.9. The molecule has 1 aromatic carbocycles. The Bertz CT molecular complexity index is 551. The van der Waals surface area contributed by atoms with Gasteiger partial charge in [-0.2, -0.15) is 4.39 Å². The second-order valence-corrected chi connectivity index (χ2v) is 5.64. The van der Waals surface area contributed by atoms with Crippen LogP contribution in [-0.2, 0) is 4.74 Å².